The van der Waals surface area contributed by atoms with Gasteiger partial charge in [-0.25, -0.2) is 0 Å². The van der Waals surface area contributed by atoms with Gasteiger partial charge in [0.1, 0.15) is 0 Å². The number of ether oxygens (including phenoxy) is 2. The molecule has 2 heteroatoms. The molecule has 0 radical (unpaired) electrons. The summed E-state index contributed by atoms with van der Waals surface area (Å²) in [5.41, 5.74) is 2.83. The number of rotatable bonds is 4. The van der Waals surface area contributed by atoms with Gasteiger partial charge < -0.3 is 9.47 Å². The van der Waals surface area contributed by atoms with Gasteiger partial charge in [-0.15, -0.1) is 0 Å². The molecule has 16 heavy (non-hydrogen) atoms. The van der Waals surface area contributed by atoms with Crippen LogP contribution in [0.25, 0.3) is 0 Å². The van der Waals surface area contributed by atoms with Crippen LogP contribution in [-0.4, -0.2) is 20.0 Å². The van der Waals surface area contributed by atoms with Gasteiger partial charge in [0, 0.05) is 27.1 Å². The lowest BCUT2D eigenvalue weighted by Crippen LogP contribution is -2.45. The Morgan fingerprint density at radius 3 is 2.50 bits per heavy atom. The van der Waals surface area contributed by atoms with Crippen molar-refractivity contribution < 1.29 is 9.47 Å². The second-order valence-electron chi connectivity index (χ2n) is 4.52. The lowest BCUT2D eigenvalue weighted by molar-refractivity contribution is -0.257. The zero-order chi connectivity index (χ0) is 11.6. The van der Waals surface area contributed by atoms with Gasteiger partial charge in [0.05, 0.1) is 0 Å². The molecule has 1 aromatic rings. The molecule has 1 saturated carbocycles. The van der Waals surface area contributed by atoms with Crippen molar-refractivity contribution in [2.45, 2.75) is 37.9 Å². The van der Waals surface area contributed by atoms with E-state index in [1.54, 1.807) is 14.2 Å². The summed E-state index contributed by atoms with van der Waals surface area (Å²) in [6.45, 7) is 2.19. The van der Waals surface area contributed by atoms with Crippen molar-refractivity contribution in [1.29, 1.82) is 0 Å². The Morgan fingerprint density at radius 2 is 1.94 bits per heavy atom. The zero-order valence-electron chi connectivity index (χ0n) is 10.3. The van der Waals surface area contributed by atoms with E-state index in [0.717, 1.165) is 19.3 Å². The molecule has 0 aliphatic heterocycles. The van der Waals surface area contributed by atoms with E-state index in [0.29, 0.717) is 5.92 Å². The maximum Gasteiger partial charge on any atom is 0.168 e. The Labute approximate surface area is 97.6 Å². The van der Waals surface area contributed by atoms with Crippen molar-refractivity contribution in [3.63, 3.8) is 0 Å². The minimum absolute atomic E-state index is 0.327. The van der Waals surface area contributed by atoms with E-state index in [4.69, 9.17) is 9.47 Å². The first kappa shape index (κ1) is 11.6. The third kappa shape index (κ3) is 2.00. The number of hydrogen-bond donors (Lipinski definition) is 0. The summed E-state index contributed by atoms with van der Waals surface area (Å²) in [4.78, 5) is 0. The summed E-state index contributed by atoms with van der Waals surface area (Å²) in [5, 5.41) is 0. The summed E-state index contributed by atoms with van der Waals surface area (Å²) < 4.78 is 10.8. The Bertz CT molecular complexity index is 348. The van der Waals surface area contributed by atoms with E-state index in [1.807, 2.05) is 0 Å². The highest BCUT2D eigenvalue weighted by Gasteiger charge is 2.45. The predicted molar refractivity (Wildman–Crippen MR) is 64.5 cm³/mol. The van der Waals surface area contributed by atoms with Crippen LogP contribution in [0.5, 0.6) is 0 Å². The quantitative estimate of drug-likeness (QED) is 0.726. The zero-order valence-corrected chi connectivity index (χ0v) is 10.3. The molecule has 2 rings (SSSR count). The molecular formula is C14H20O2. The highest BCUT2D eigenvalue weighted by molar-refractivity contribution is 5.29. The standard InChI is InChI=1S/C14H20O2/c1-4-11-6-5-7-12(8-11)13-9-14(10-13,15-2)16-3/h5-8,13H,4,9-10H2,1-3H3. The maximum atomic E-state index is 5.41. The van der Waals surface area contributed by atoms with Crippen molar-refractivity contribution in [3.8, 4) is 0 Å². The van der Waals surface area contributed by atoms with Crippen LogP contribution in [-0.2, 0) is 15.9 Å². The molecule has 0 bridgehead atoms. The van der Waals surface area contributed by atoms with Crippen LogP contribution in [0.3, 0.4) is 0 Å². The highest BCUT2D eigenvalue weighted by atomic mass is 16.7. The minimum atomic E-state index is -0.327. The van der Waals surface area contributed by atoms with Crippen molar-refractivity contribution in [3.05, 3.63) is 35.4 Å². The van der Waals surface area contributed by atoms with E-state index in [9.17, 15) is 0 Å². The summed E-state index contributed by atoms with van der Waals surface area (Å²) in [6, 6.07) is 8.84. The molecule has 0 amide bonds. The van der Waals surface area contributed by atoms with Crippen LogP contribution in [0.2, 0.25) is 0 Å². The molecule has 1 aliphatic rings. The Kier molecular flexibility index (Phi) is 3.31. The van der Waals surface area contributed by atoms with Gasteiger partial charge in [-0.2, -0.15) is 0 Å². The van der Waals surface area contributed by atoms with Crippen molar-refractivity contribution in [1.82, 2.24) is 0 Å². The van der Waals surface area contributed by atoms with Crippen LogP contribution >= 0.6 is 0 Å². The molecule has 1 aliphatic carbocycles. The predicted octanol–water partition coefficient (Wildman–Crippen LogP) is 3.12. The Balaban J connectivity index is 2.05. The fraction of sp³-hybridized carbons (Fsp3) is 0.571. The van der Waals surface area contributed by atoms with Gasteiger partial charge >= 0.3 is 0 Å². The molecule has 0 heterocycles. The van der Waals surface area contributed by atoms with Crippen LogP contribution in [0.1, 0.15) is 36.8 Å². The average Bonchev–Trinajstić information content (AvgIpc) is 2.29. The molecule has 1 aromatic carbocycles. The molecule has 1 fully saturated rings. The monoisotopic (exact) mass is 220 g/mol. The number of hydrogen-bond acceptors (Lipinski definition) is 2. The van der Waals surface area contributed by atoms with Gasteiger partial charge in [-0.1, -0.05) is 31.2 Å². The third-order valence-electron chi connectivity index (χ3n) is 3.69. The molecule has 0 spiro atoms. The van der Waals surface area contributed by atoms with E-state index < -0.39 is 0 Å². The van der Waals surface area contributed by atoms with Crippen LogP contribution in [0.15, 0.2) is 24.3 Å². The summed E-state index contributed by atoms with van der Waals surface area (Å²) >= 11 is 0. The van der Waals surface area contributed by atoms with Gasteiger partial charge in [-0.05, 0) is 23.5 Å². The van der Waals surface area contributed by atoms with Crippen LogP contribution in [0, 0.1) is 0 Å². The van der Waals surface area contributed by atoms with Crippen molar-refractivity contribution in [2.75, 3.05) is 14.2 Å². The molecule has 2 nitrogen and oxygen atoms in total. The second-order valence-corrected chi connectivity index (χ2v) is 4.52. The lowest BCUT2D eigenvalue weighted by Gasteiger charge is -2.45. The lowest BCUT2D eigenvalue weighted by atomic mass is 9.74. The molecular weight excluding hydrogens is 200 g/mol. The fourth-order valence-electron chi connectivity index (χ4n) is 2.41. The van der Waals surface area contributed by atoms with E-state index in [-0.39, 0.29) is 5.79 Å². The molecule has 0 unspecified atom stereocenters. The van der Waals surface area contributed by atoms with Gasteiger partial charge in [-0.3, -0.25) is 0 Å². The third-order valence-corrected chi connectivity index (χ3v) is 3.69. The highest BCUT2D eigenvalue weighted by Crippen LogP contribution is 2.47. The van der Waals surface area contributed by atoms with Gasteiger partial charge in [0.25, 0.3) is 0 Å². The average molecular weight is 220 g/mol. The SMILES string of the molecule is CCc1cccc(C2CC(OC)(OC)C2)c1. The minimum Gasteiger partial charge on any atom is -0.353 e. The van der Waals surface area contributed by atoms with Gasteiger partial charge in [0.15, 0.2) is 5.79 Å². The van der Waals surface area contributed by atoms with E-state index in [2.05, 4.69) is 31.2 Å². The Morgan fingerprint density at radius 1 is 1.25 bits per heavy atom. The Hall–Kier alpha value is -0.860. The fourth-order valence-corrected chi connectivity index (χ4v) is 2.41. The van der Waals surface area contributed by atoms with E-state index >= 15 is 0 Å². The molecule has 0 saturated heterocycles. The van der Waals surface area contributed by atoms with Crippen LogP contribution in [0.4, 0.5) is 0 Å². The number of methoxy groups -OCH3 is 2. The second kappa shape index (κ2) is 4.56. The number of aryl methyl sites for hydroxylation is 1. The molecule has 0 N–H and O–H groups in total. The topological polar surface area (TPSA) is 18.5 Å². The van der Waals surface area contributed by atoms with E-state index in [1.165, 1.54) is 11.1 Å². The molecule has 0 aromatic heterocycles. The maximum absolute atomic E-state index is 5.41. The number of benzene rings is 1. The summed E-state index contributed by atoms with van der Waals surface area (Å²) in [7, 11) is 3.45. The summed E-state index contributed by atoms with van der Waals surface area (Å²) in [6.07, 6.45) is 3.03. The first-order valence-electron chi connectivity index (χ1n) is 5.92. The first-order chi connectivity index (χ1) is 7.73. The van der Waals surface area contributed by atoms with Crippen molar-refractivity contribution in [2.24, 2.45) is 0 Å². The largest absolute Gasteiger partial charge is 0.353 e. The van der Waals surface area contributed by atoms with Gasteiger partial charge in [0.2, 0.25) is 0 Å². The van der Waals surface area contributed by atoms with Crippen LogP contribution < -0.4 is 0 Å². The normalized spacial score (nSPS) is 19.4. The first-order valence-corrected chi connectivity index (χ1v) is 5.92. The molecule has 88 valence electrons. The molecule has 0 atom stereocenters. The van der Waals surface area contributed by atoms with Crippen molar-refractivity contribution >= 4 is 0 Å². The summed E-state index contributed by atoms with van der Waals surface area (Å²) in [5.74, 6) is 0.263. The smallest absolute Gasteiger partial charge is 0.168 e.